The number of carbonyl (C=O) groups excluding carboxylic acids is 1. The number of carbonyl (C=O) groups is 1. The lowest BCUT2D eigenvalue weighted by atomic mass is 10.2. The first-order valence-corrected chi connectivity index (χ1v) is 10.5. The van der Waals surface area contributed by atoms with Crippen LogP contribution in [0, 0.1) is 0 Å². The fourth-order valence-corrected chi connectivity index (χ4v) is 2.37. The maximum atomic E-state index is 11.5. The Bertz CT molecular complexity index is 572. The lowest BCUT2D eigenvalue weighted by Gasteiger charge is -2.15. The van der Waals surface area contributed by atoms with Crippen LogP contribution < -0.4 is 25.4 Å². The van der Waals surface area contributed by atoms with Crippen molar-refractivity contribution in [2.75, 3.05) is 32.6 Å². The highest BCUT2D eigenvalue weighted by Gasteiger charge is 2.11. The van der Waals surface area contributed by atoms with Gasteiger partial charge in [-0.2, -0.15) is 0 Å². The summed E-state index contributed by atoms with van der Waals surface area (Å²) in [7, 11) is 3.09. The molecule has 0 fully saturated rings. The average molecular weight is 434 g/mol. The number of benzene rings is 1. The summed E-state index contributed by atoms with van der Waals surface area (Å²) in [5, 5.41) is 9.83. The molecule has 28 heavy (non-hydrogen) atoms. The first-order valence-electron chi connectivity index (χ1n) is 9.74. The number of hydrogen-bond donors (Lipinski definition) is 3. The molecule has 0 aliphatic rings. The minimum Gasteiger partial charge on any atom is -0.495 e. The number of hydrogen-bond acceptors (Lipinski definition) is 4. The molecule has 162 valence electrons. The van der Waals surface area contributed by atoms with Crippen LogP contribution in [0.25, 0.3) is 0 Å². The average Bonchev–Trinajstić information content (AvgIpc) is 2.73. The minimum absolute atomic E-state index is 0.0571. The molecule has 8 heteroatoms. The molecule has 0 atom stereocenters. The molecule has 6 nitrogen and oxygen atoms in total. The van der Waals surface area contributed by atoms with Crippen LogP contribution in [0.2, 0.25) is 5.02 Å². The molecule has 0 aromatic heterocycles. The highest BCUT2D eigenvalue weighted by atomic mass is 35.5. The summed E-state index contributed by atoms with van der Waals surface area (Å²) in [5.41, 5.74) is 0.650. The molecule has 0 aliphatic carbocycles. The van der Waals surface area contributed by atoms with Gasteiger partial charge in [0.15, 0.2) is 5.11 Å². The highest BCUT2D eigenvalue weighted by Crippen LogP contribution is 2.35. The molecule has 0 bridgehead atoms. The van der Waals surface area contributed by atoms with Crippen LogP contribution in [-0.2, 0) is 4.79 Å². The van der Waals surface area contributed by atoms with E-state index in [4.69, 9.17) is 33.3 Å². The van der Waals surface area contributed by atoms with Crippen LogP contribution in [0.5, 0.6) is 11.5 Å². The van der Waals surface area contributed by atoms with E-state index >= 15 is 0 Å². The van der Waals surface area contributed by atoms with E-state index < -0.39 is 0 Å². The quantitative estimate of drug-likeness (QED) is 0.376. The largest absolute Gasteiger partial charge is 0.495 e. The topological polar surface area (TPSA) is 71.6 Å². The fraction of sp³-hybridized carbons (Fsp3) is 0.600. The number of halogens is 1. The molecular weight excluding hydrogens is 398 g/mol. The third-order valence-electron chi connectivity index (χ3n) is 3.16. The summed E-state index contributed by atoms with van der Waals surface area (Å²) >= 11 is 11.3. The maximum absolute atomic E-state index is 11.5. The third-order valence-corrected chi connectivity index (χ3v) is 3.70. The van der Waals surface area contributed by atoms with Gasteiger partial charge in [-0.1, -0.05) is 46.2 Å². The number of methoxy groups -OCH3 is 2. The van der Waals surface area contributed by atoms with E-state index in [2.05, 4.69) is 16.0 Å². The SMILES string of the molecule is CC.CC.CCCNC(=O)CCCNC(=S)Nc1cc(OC)c(Cl)cc1OC. The van der Waals surface area contributed by atoms with Crippen LogP contribution in [0.1, 0.15) is 53.9 Å². The van der Waals surface area contributed by atoms with E-state index in [0.717, 1.165) is 6.42 Å². The van der Waals surface area contributed by atoms with Crippen molar-refractivity contribution in [1.29, 1.82) is 0 Å². The molecule has 0 radical (unpaired) electrons. The minimum atomic E-state index is 0.0571. The molecule has 1 amide bonds. The number of ether oxygens (including phenoxy) is 2. The molecule has 1 aromatic carbocycles. The van der Waals surface area contributed by atoms with Crippen molar-refractivity contribution in [2.45, 2.75) is 53.9 Å². The van der Waals surface area contributed by atoms with E-state index in [1.807, 2.05) is 34.6 Å². The van der Waals surface area contributed by atoms with E-state index in [9.17, 15) is 4.79 Å². The summed E-state index contributed by atoms with van der Waals surface area (Å²) in [4.78, 5) is 11.5. The molecule has 0 saturated heterocycles. The Morgan fingerprint density at radius 3 is 2.18 bits per heavy atom. The van der Waals surface area contributed by atoms with Crippen molar-refractivity contribution >= 4 is 40.5 Å². The number of amides is 1. The number of thiocarbonyl (C=S) groups is 1. The monoisotopic (exact) mass is 433 g/mol. The van der Waals surface area contributed by atoms with Crippen molar-refractivity contribution in [2.24, 2.45) is 0 Å². The molecule has 0 saturated carbocycles. The Morgan fingerprint density at radius 1 is 1.04 bits per heavy atom. The van der Waals surface area contributed by atoms with Gasteiger partial charge < -0.3 is 25.4 Å². The maximum Gasteiger partial charge on any atom is 0.220 e. The fourth-order valence-electron chi connectivity index (χ4n) is 1.93. The second-order valence-corrected chi connectivity index (χ2v) is 5.84. The molecule has 1 rings (SSSR count). The first kappa shape index (κ1) is 28.5. The van der Waals surface area contributed by atoms with Gasteiger partial charge >= 0.3 is 0 Å². The van der Waals surface area contributed by atoms with E-state index in [-0.39, 0.29) is 5.91 Å². The molecule has 0 heterocycles. The molecule has 3 N–H and O–H groups in total. The van der Waals surface area contributed by atoms with Gasteiger partial charge in [0.25, 0.3) is 0 Å². The summed E-state index contributed by atoms with van der Waals surface area (Å²) in [6, 6.07) is 3.37. The molecule has 0 spiro atoms. The van der Waals surface area contributed by atoms with Crippen molar-refractivity contribution < 1.29 is 14.3 Å². The van der Waals surface area contributed by atoms with Crippen molar-refractivity contribution in [3.63, 3.8) is 0 Å². The van der Waals surface area contributed by atoms with Crippen molar-refractivity contribution in [3.8, 4) is 11.5 Å². The summed E-state index contributed by atoms with van der Waals surface area (Å²) in [6.45, 7) is 11.3. The Balaban J connectivity index is 0. The van der Waals surface area contributed by atoms with Gasteiger partial charge in [0, 0.05) is 31.6 Å². The Morgan fingerprint density at radius 2 is 1.64 bits per heavy atom. The van der Waals surface area contributed by atoms with Crippen LogP contribution >= 0.6 is 23.8 Å². The van der Waals surface area contributed by atoms with E-state index in [0.29, 0.717) is 53.3 Å². The highest BCUT2D eigenvalue weighted by molar-refractivity contribution is 7.80. The van der Waals surface area contributed by atoms with Crippen molar-refractivity contribution in [3.05, 3.63) is 17.2 Å². The van der Waals surface area contributed by atoms with Gasteiger partial charge in [0.05, 0.1) is 24.9 Å². The summed E-state index contributed by atoms with van der Waals surface area (Å²) < 4.78 is 10.5. The van der Waals surface area contributed by atoms with Gasteiger partial charge in [0.1, 0.15) is 11.5 Å². The Kier molecular flexibility index (Phi) is 18.9. The standard InChI is InChI=1S/C16H24ClN3O3S.2C2H6/c1-4-7-18-15(21)6-5-8-19-16(24)20-12-10-13(22-2)11(17)9-14(12)23-3;2*1-2/h9-10H,4-8H2,1-3H3,(H,18,21)(H2,19,20,24);2*1-2H3. The van der Waals surface area contributed by atoms with E-state index in [1.165, 1.54) is 7.11 Å². The zero-order valence-corrected chi connectivity index (χ0v) is 19.8. The molecule has 0 unspecified atom stereocenters. The van der Waals surface area contributed by atoms with E-state index in [1.54, 1.807) is 19.2 Å². The second-order valence-electron chi connectivity index (χ2n) is 5.02. The Labute approximate surface area is 180 Å². The lowest BCUT2D eigenvalue weighted by Crippen LogP contribution is -2.30. The predicted octanol–water partition coefficient (Wildman–Crippen LogP) is 5.00. The normalized spacial score (nSPS) is 9.00. The number of rotatable bonds is 9. The molecule has 1 aromatic rings. The Hall–Kier alpha value is -1.73. The molecular formula is C20H36ClN3O3S. The van der Waals surface area contributed by atoms with Gasteiger partial charge in [-0.15, -0.1) is 0 Å². The van der Waals surface area contributed by atoms with Crippen LogP contribution in [0.3, 0.4) is 0 Å². The first-order chi connectivity index (χ1) is 13.5. The zero-order valence-electron chi connectivity index (χ0n) is 18.2. The second kappa shape index (κ2) is 18.6. The van der Waals surface area contributed by atoms with Crippen LogP contribution in [0.15, 0.2) is 12.1 Å². The lowest BCUT2D eigenvalue weighted by molar-refractivity contribution is -0.121. The van der Waals surface area contributed by atoms with Gasteiger partial charge in [-0.05, 0) is 25.1 Å². The van der Waals surface area contributed by atoms with Crippen LogP contribution in [-0.4, -0.2) is 38.3 Å². The molecule has 0 aliphatic heterocycles. The number of anilines is 1. The van der Waals surface area contributed by atoms with Gasteiger partial charge in [-0.3, -0.25) is 4.79 Å². The van der Waals surface area contributed by atoms with Gasteiger partial charge in [-0.25, -0.2) is 0 Å². The van der Waals surface area contributed by atoms with Gasteiger partial charge in [0.2, 0.25) is 5.91 Å². The van der Waals surface area contributed by atoms with Crippen molar-refractivity contribution in [1.82, 2.24) is 10.6 Å². The third kappa shape index (κ3) is 11.9. The number of nitrogens with one attached hydrogen (secondary N) is 3. The zero-order chi connectivity index (χ0) is 21.9. The summed E-state index contributed by atoms with van der Waals surface area (Å²) in [6.07, 6.45) is 2.09. The summed E-state index contributed by atoms with van der Waals surface area (Å²) in [5.74, 6) is 1.14. The predicted molar refractivity (Wildman–Crippen MR) is 124 cm³/mol. The van der Waals surface area contributed by atoms with Crippen LogP contribution in [0.4, 0.5) is 5.69 Å². The smallest absolute Gasteiger partial charge is 0.220 e.